The third kappa shape index (κ3) is 4.68. The van der Waals surface area contributed by atoms with Crippen molar-refractivity contribution in [1.29, 1.82) is 0 Å². The third-order valence-corrected chi connectivity index (χ3v) is 3.54. The number of hydrogen-bond donors (Lipinski definition) is 3. The quantitative estimate of drug-likeness (QED) is 0.590. The van der Waals surface area contributed by atoms with Crippen LogP contribution in [0.15, 0.2) is 15.8 Å². The van der Waals surface area contributed by atoms with Crippen LogP contribution in [0.3, 0.4) is 0 Å². The Morgan fingerprint density at radius 1 is 1.31 bits per heavy atom. The number of aliphatic hydroxyl groups excluding tert-OH is 2. The first-order valence-electron chi connectivity index (χ1n) is 7.08. The molecule has 0 aliphatic carbocycles. The number of ether oxygens (including phenoxy) is 2. The molecule has 1 aromatic heterocycles. The molecule has 1 aliphatic heterocycles. The maximum Gasteiger partial charge on any atom is 0.423 e. The van der Waals surface area contributed by atoms with Crippen molar-refractivity contribution in [2.75, 3.05) is 6.61 Å². The Hall–Kier alpha value is -0.890. The fourth-order valence-corrected chi connectivity index (χ4v) is 2.46. The molecule has 2 rings (SSSR count). The molecule has 1 saturated heterocycles. The molecule has 4 atom stereocenters. The van der Waals surface area contributed by atoms with Gasteiger partial charge >= 0.3 is 11.9 Å². The average Bonchev–Trinajstić information content (AvgIpc) is 2.80. The summed E-state index contributed by atoms with van der Waals surface area (Å²) in [5.74, 6) is -1.42. The number of rotatable bonds is 4. The zero-order valence-electron chi connectivity index (χ0n) is 13.7. The summed E-state index contributed by atoms with van der Waals surface area (Å²) in [6, 6.07) is 0. The smallest absolute Gasteiger partial charge is 0.394 e. The van der Waals surface area contributed by atoms with Crippen LogP contribution in [-0.4, -0.2) is 50.5 Å². The molecule has 0 amide bonds. The maximum absolute atomic E-state index is 14.8. The number of hydrogen-bond acceptors (Lipinski definition) is 6. The summed E-state index contributed by atoms with van der Waals surface area (Å²) in [6.45, 7) is 1.88. The molecule has 0 saturated carbocycles. The molecule has 0 spiro atoms. The summed E-state index contributed by atoms with van der Waals surface area (Å²) >= 11 is 0. The minimum absolute atomic E-state index is 0. The van der Waals surface area contributed by atoms with Crippen LogP contribution >= 0.6 is 0 Å². The molecule has 1 fully saturated rings. The largest absolute Gasteiger partial charge is 0.423 e. The van der Waals surface area contributed by atoms with Gasteiger partial charge in [-0.05, 0) is 13.8 Å². The van der Waals surface area contributed by atoms with Crippen LogP contribution in [0.25, 0.3) is 0 Å². The summed E-state index contributed by atoms with van der Waals surface area (Å²) in [7, 11) is 0. The van der Waals surface area contributed by atoms with Crippen molar-refractivity contribution >= 4 is 0 Å². The molecule has 0 bridgehead atoms. The number of H-pyrrole nitrogens is 1. The van der Waals surface area contributed by atoms with E-state index >= 15 is 0 Å². The first kappa shape index (κ1) is 23.1. The van der Waals surface area contributed by atoms with Gasteiger partial charge in [0.05, 0.1) is 6.61 Å². The van der Waals surface area contributed by atoms with Crippen LogP contribution in [0.5, 0.6) is 0 Å². The van der Waals surface area contributed by atoms with E-state index in [1.165, 1.54) is 18.8 Å². The minimum atomic E-state index is -5.11. The van der Waals surface area contributed by atoms with Crippen molar-refractivity contribution in [3.05, 3.63) is 32.6 Å². The normalized spacial score (nSPS) is 24.8. The Bertz CT molecular complexity index is 749. The van der Waals surface area contributed by atoms with E-state index < -0.39 is 60.0 Å². The molecule has 3 N–H and O–H groups in total. The van der Waals surface area contributed by atoms with E-state index in [-0.39, 0.29) is 36.6 Å². The van der Waals surface area contributed by atoms with E-state index in [1.807, 2.05) is 0 Å². The van der Waals surface area contributed by atoms with Crippen molar-refractivity contribution in [2.45, 2.75) is 50.4 Å². The molecule has 145 valence electrons. The van der Waals surface area contributed by atoms with Gasteiger partial charge in [0, 0.05) is 32.0 Å². The molecule has 2 heterocycles. The summed E-state index contributed by atoms with van der Waals surface area (Å²) in [5, 5.41) is 18.7. The van der Waals surface area contributed by atoms with Gasteiger partial charge in [0.2, 0.25) is 6.30 Å². The predicted octanol–water partition coefficient (Wildman–Crippen LogP) is -0.106. The van der Waals surface area contributed by atoms with Gasteiger partial charge in [-0.25, -0.2) is 9.18 Å². The Kier molecular flexibility index (Phi) is 7.13. The SMILES string of the molecule is CC1(C)O[C@@H]([C@H](F)n2cc(C(F)(F)F)c(=O)[nH]c2=O)[C@@H](C(O)CO)O1.[Sc]. The third-order valence-electron chi connectivity index (χ3n) is 3.54. The fourth-order valence-electron chi connectivity index (χ4n) is 2.46. The van der Waals surface area contributed by atoms with Gasteiger partial charge in [-0.3, -0.25) is 14.3 Å². The number of nitrogens with one attached hydrogen (secondary N) is 1. The van der Waals surface area contributed by atoms with Crippen molar-refractivity contribution in [2.24, 2.45) is 0 Å². The van der Waals surface area contributed by atoms with E-state index in [0.29, 0.717) is 0 Å². The van der Waals surface area contributed by atoms with Crippen molar-refractivity contribution in [3.63, 3.8) is 0 Å². The second-order valence-electron chi connectivity index (χ2n) is 5.89. The molecule has 1 aliphatic rings. The van der Waals surface area contributed by atoms with Crippen molar-refractivity contribution in [3.8, 4) is 0 Å². The Balaban J connectivity index is 0.00000338. The van der Waals surface area contributed by atoms with Crippen molar-refractivity contribution in [1.82, 2.24) is 9.55 Å². The van der Waals surface area contributed by atoms with E-state index in [2.05, 4.69) is 0 Å². The summed E-state index contributed by atoms with van der Waals surface area (Å²) < 4.78 is 63.6. The minimum Gasteiger partial charge on any atom is -0.394 e. The molecule has 1 unspecified atom stereocenters. The number of nitrogens with zero attached hydrogens (tertiary/aromatic N) is 1. The zero-order chi connectivity index (χ0) is 19.2. The number of alkyl halides is 4. The zero-order valence-corrected chi connectivity index (χ0v) is 15.5. The van der Waals surface area contributed by atoms with Crippen LogP contribution in [0, 0.1) is 0 Å². The van der Waals surface area contributed by atoms with Crippen LogP contribution < -0.4 is 11.2 Å². The molecule has 26 heavy (non-hydrogen) atoms. The number of aromatic amines is 1. The second kappa shape index (κ2) is 8.00. The molecular weight excluding hydrogens is 401 g/mol. The molecule has 8 nitrogen and oxygen atoms in total. The first-order chi connectivity index (χ1) is 11.4. The fraction of sp³-hybridized carbons (Fsp3) is 0.692. The van der Waals surface area contributed by atoms with Crippen LogP contribution in [-0.2, 0) is 41.5 Å². The maximum atomic E-state index is 14.8. The second-order valence-corrected chi connectivity index (χ2v) is 5.89. The molecule has 13 heteroatoms. The summed E-state index contributed by atoms with van der Waals surface area (Å²) in [4.78, 5) is 24.4. The number of halogens is 4. The predicted molar refractivity (Wildman–Crippen MR) is 73.4 cm³/mol. The average molecular weight is 417 g/mol. The number of aromatic nitrogens is 2. The van der Waals surface area contributed by atoms with Crippen molar-refractivity contribution < 1.29 is 63.1 Å². The summed E-state index contributed by atoms with van der Waals surface area (Å²) in [5.41, 5.74) is -4.92. The van der Waals surface area contributed by atoms with Crippen LogP contribution in [0.1, 0.15) is 25.7 Å². The Labute approximate surface area is 162 Å². The van der Waals surface area contributed by atoms with Gasteiger partial charge in [0.15, 0.2) is 5.79 Å². The van der Waals surface area contributed by atoms with E-state index in [4.69, 9.17) is 14.6 Å². The van der Waals surface area contributed by atoms with Crippen LogP contribution in [0.4, 0.5) is 17.6 Å². The molecule has 1 radical (unpaired) electrons. The van der Waals surface area contributed by atoms with Crippen LogP contribution in [0.2, 0.25) is 0 Å². The first-order valence-corrected chi connectivity index (χ1v) is 7.08. The Morgan fingerprint density at radius 2 is 1.85 bits per heavy atom. The topological polar surface area (TPSA) is 114 Å². The van der Waals surface area contributed by atoms with Gasteiger partial charge in [-0.1, -0.05) is 0 Å². The van der Waals surface area contributed by atoms with Gasteiger partial charge in [-0.15, -0.1) is 0 Å². The Morgan fingerprint density at radius 3 is 2.35 bits per heavy atom. The molecular formula is C13H16F4N2O6Sc. The number of aliphatic hydroxyl groups is 2. The van der Waals surface area contributed by atoms with E-state index in [0.717, 1.165) is 0 Å². The van der Waals surface area contributed by atoms with E-state index in [9.17, 15) is 32.3 Å². The van der Waals surface area contributed by atoms with Gasteiger partial charge in [-0.2, -0.15) is 13.2 Å². The standard InChI is InChI=1S/C13H16F4N2O6.Sc/c1-12(2)24-7(6(21)4-20)8(25-12)9(14)19-3-5(13(15,16)17)10(22)18-11(19)23;/h3,6-9,20-21H,4H2,1-2H3,(H,18,22,23);/t6?,7-,8-,9-;/m1./s1. The van der Waals surface area contributed by atoms with Gasteiger partial charge in [0.1, 0.15) is 23.9 Å². The molecule has 1 aromatic rings. The monoisotopic (exact) mass is 417 g/mol. The van der Waals surface area contributed by atoms with E-state index in [1.54, 1.807) is 0 Å². The van der Waals surface area contributed by atoms with Gasteiger partial charge in [0.25, 0.3) is 5.56 Å². The molecule has 0 aromatic carbocycles. The summed E-state index contributed by atoms with van der Waals surface area (Å²) in [6.07, 6.45) is -12.4. The van der Waals surface area contributed by atoms with Gasteiger partial charge < -0.3 is 19.7 Å².